The zero-order valence-electron chi connectivity index (χ0n) is 11.3. The van der Waals surface area contributed by atoms with Crippen molar-refractivity contribution in [1.82, 2.24) is 4.98 Å². The molecule has 0 saturated carbocycles. The van der Waals surface area contributed by atoms with Crippen molar-refractivity contribution in [3.8, 4) is 0 Å². The van der Waals surface area contributed by atoms with E-state index >= 15 is 0 Å². The quantitative estimate of drug-likeness (QED) is 0.742. The number of para-hydroxylation sites is 1. The fourth-order valence-corrected chi connectivity index (χ4v) is 3.88. The highest BCUT2D eigenvalue weighted by atomic mass is 32.1. The first-order valence-corrected chi connectivity index (χ1v) is 8.08. The molecule has 0 bridgehead atoms. The van der Waals surface area contributed by atoms with E-state index in [-0.39, 0.29) is 6.42 Å². The normalized spacial score (nSPS) is 12.0. The zero-order valence-corrected chi connectivity index (χ0v) is 13.0. The first kappa shape index (κ1) is 14.0. The molecule has 0 aliphatic carbocycles. The minimum atomic E-state index is -1.09. The number of hydrogen-bond donors (Lipinski definition) is 0. The summed E-state index contributed by atoms with van der Waals surface area (Å²) in [4.78, 5) is 17.8. The van der Waals surface area contributed by atoms with Crippen LogP contribution in [-0.4, -0.2) is 11.0 Å². The molecule has 0 aliphatic rings. The van der Waals surface area contributed by atoms with E-state index in [1.807, 2.05) is 49.4 Å². The number of aryl methyl sites for hydroxylation is 1. The maximum Gasteiger partial charge on any atom is 0.120 e. The lowest BCUT2D eigenvalue weighted by Gasteiger charge is -2.04. The number of aliphatic carboxylic acids is 1. The lowest BCUT2D eigenvalue weighted by atomic mass is 10.1. The number of aromatic nitrogens is 1. The van der Waals surface area contributed by atoms with Gasteiger partial charge in [-0.05, 0) is 42.8 Å². The number of thiophene rings is 1. The van der Waals surface area contributed by atoms with Crippen LogP contribution in [0.4, 0.5) is 0 Å². The second kappa shape index (κ2) is 5.79. The fraction of sp³-hybridized carbons (Fsp3) is 0.125. The molecule has 3 nitrogen and oxygen atoms in total. The third-order valence-electron chi connectivity index (χ3n) is 2.98. The highest BCUT2D eigenvalue weighted by Gasteiger charge is 2.10. The average molecular weight is 314 g/mol. The molecule has 0 amide bonds. The van der Waals surface area contributed by atoms with E-state index in [9.17, 15) is 9.90 Å². The van der Waals surface area contributed by atoms with Gasteiger partial charge in [0.25, 0.3) is 0 Å². The Labute approximate surface area is 130 Å². The molecule has 2 heterocycles. The number of hydrogen-bond acceptors (Lipinski definition) is 5. The van der Waals surface area contributed by atoms with Crippen molar-refractivity contribution < 1.29 is 9.90 Å². The van der Waals surface area contributed by atoms with Crippen LogP contribution in [0, 0.1) is 6.92 Å². The standard InChI is InChI=1S/C16H13NO2S2/c1-10-6-7-12(20-10)8-11(9-15(18)19)16-17-13-4-2-3-5-14(13)21-16/h2-8H,9H2,1H3,(H,18,19)/p-1/b11-8+. The molecule has 0 fully saturated rings. The summed E-state index contributed by atoms with van der Waals surface area (Å²) >= 11 is 3.14. The number of nitrogens with zero attached hydrogens (tertiary/aromatic N) is 1. The van der Waals surface area contributed by atoms with Crippen molar-refractivity contribution in [3.63, 3.8) is 0 Å². The maximum absolute atomic E-state index is 11.0. The zero-order chi connectivity index (χ0) is 14.8. The van der Waals surface area contributed by atoms with Gasteiger partial charge in [-0.3, -0.25) is 0 Å². The van der Waals surface area contributed by atoms with Gasteiger partial charge in [-0.25, -0.2) is 4.98 Å². The van der Waals surface area contributed by atoms with Crippen molar-refractivity contribution in [2.24, 2.45) is 0 Å². The minimum Gasteiger partial charge on any atom is -0.550 e. The van der Waals surface area contributed by atoms with E-state index in [0.717, 1.165) is 20.1 Å². The number of benzene rings is 1. The van der Waals surface area contributed by atoms with Gasteiger partial charge in [-0.1, -0.05) is 12.1 Å². The molecule has 3 rings (SSSR count). The number of carbonyl (C=O) groups is 1. The Morgan fingerprint density at radius 1 is 1.24 bits per heavy atom. The van der Waals surface area contributed by atoms with Crippen molar-refractivity contribution in [3.05, 3.63) is 51.2 Å². The van der Waals surface area contributed by atoms with E-state index in [1.165, 1.54) is 16.2 Å². The van der Waals surface area contributed by atoms with Gasteiger partial charge in [0.2, 0.25) is 0 Å². The van der Waals surface area contributed by atoms with Crippen LogP contribution in [0.1, 0.15) is 21.2 Å². The maximum atomic E-state index is 11.0. The first-order valence-electron chi connectivity index (χ1n) is 6.44. The Balaban J connectivity index is 2.06. The van der Waals surface area contributed by atoms with Crippen molar-refractivity contribution in [2.75, 3.05) is 0 Å². The van der Waals surface area contributed by atoms with E-state index in [2.05, 4.69) is 4.98 Å². The van der Waals surface area contributed by atoms with Crippen LogP contribution in [-0.2, 0) is 4.79 Å². The molecular weight excluding hydrogens is 302 g/mol. The number of carbonyl (C=O) groups excluding carboxylic acids is 1. The summed E-state index contributed by atoms with van der Waals surface area (Å²) in [7, 11) is 0. The number of carboxylic acids is 1. The number of fused-ring (bicyclic) bond motifs is 1. The molecule has 5 heteroatoms. The third kappa shape index (κ3) is 3.20. The molecule has 3 aromatic rings. The monoisotopic (exact) mass is 314 g/mol. The molecule has 1 aromatic carbocycles. The van der Waals surface area contributed by atoms with Crippen LogP contribution in [0.2, 0.25) is 0 Å². The van der Waals surface area contributed by atoms with Crippen molar-refractivity contribution in [1.29, 1.82) is 0 Å². The highest BCUT2D eigenvalue weighted by molar-refractivity contribution is 7.19. The van der Waals surface area contributed by atoms with E-state index < -0.39 is 5.97 Å². The van der Waals surface area contributed by atoms with Crippen LogP contribution >= 0.6 is 22.7 Å². The third-order valence-corrected chi connectivity index (χ3v) is 5.04. The largest absolute Gasteiger partial charge is 0.550 e. The summed E-state index contributed by atoms with van der Waals surface area (Å²) in [5.41, 5.74) is 1.59. The lowest BCUT2D eigenvalue weighted by Crippen LogP contribution is -2.22. The summed E-state index contributed by atoms with van der Waals surface area (Å²) < 4.78 is 1.05. The van der Waals surface area contributed by atoms with Gasteiger partial charge >= 0.3 is 0 Å². The van der Waals surface area contributed by atoms with E-state index in [4.69, 9.17) is 0 Å². The second-order valence-electron chi connectivity index (χ2n) is 4.65. The predicted octanol–water partition coefficient (Wildman–Crippen LogP) is 3.35. The van der Waals surface area contributed by atoms with Gasteiger partial charge in [0.15, 0.2) is 0 Å². The number of carboxylic acid groups (broad SMARTS) is 1. The molecule has 2 aromatic heterocycles. The summed E-state index contributed by atoms with van der Waals surface area (Å²) in [5, 5.41) is 11.8. The molecule has 0 aliphatic heterocycles. The van der Waals surface area contributed by atoms with Crippen LogP contribution in [0.3, 0.4) is 0 Å². The smallest absolute Gasteiger partial charge is 0.120 e. The van der Waals surface area contributed by atoms with Gasteiger partial charge < -0.3 is 9.90 Å². The molecule has 106 valence electrons. The van der Waals surface area contributed by atoms with Crippen LogP contribution in [0.25, 0.3) is 21.9 Å². The second-order valence-corrected chi connectivity index (χ2v) is 7.00. The van der Waals surface area contributed by atoms with Crippen LogP contribution < -0.4 is 5.11 Å². The minimum absolute atomic E-state index is 0.128. The molecule has 0 saturated heterocycles. The van der Waals surface area contributed by atoms with E-state index in [1.54, 1.807) is 11.3 Å². The Morgan fingerprint density at radius 3 is 2.71 bits per heavy atom. The summed E-state index contributed by atoms with van der Waals surface area (Å²) in [6, 6.07) is 11.8. The summed E-state index contributed by atoms with van der Waals surface area (Å²) in [5.74, 6) is -1.09. The average Bonchev–Trinajstić information content (AvgIpc) is 3.03. The fourth-order valence-electron chi connectivity index (χ4n) is 2.06. The van der Waals surface area contributed by atoms with Crippen LogP contribution in [0.5, 0.6) is 0 Å². The molecule has 0 unspecified atom stereocenters. The van der Waals surface area contributed by atoms with Crippen LogP contribution in [0.15, 0.2) is 36.4 Å². The Bertz CT molecular complexity index is 797. The lowest BCUT2D eigenvalue weighted by molar-refractivity contribution is -0.304. The van der Waals surface area contributed by atoms with Crippen molar-refractivity contribution >= 4 is 50.5 Å². The summed E-state index contributed by atoms with van der Waals surface area (Å²) in [6.45, 7) is 2.03. The van der Waals surface area contributed by atoms with Gasteiger partial charge in [0.05, 0.1) is 10.2 Å². The molecule has 0 N–H and O–H groups in total. The van der Waals surface area contributed by atoms with Gasteiger partial charge in [-0.2, -0.15) is 0 Å². The Morgan fingerprint density at radius 2 is 2.05 bits per heavy atom. The molecule has 0 atom stereocenters. The topological polar surface area (TPSA) is 53.0 Å². The van der Waals surface area contributed by atoms with E-state index in [0.29, 0.717) is 5.57 Å². The highest BCUT2D eigenvalue weighted by Crippen LogP contribution is 2.31. The Hall–Kier alpha value is -1.98. The molecule has 0 spiro atoms. The van der Waals surface area contributed by atoms with Gasteiger partial charge in [-0.15, -0.1) is 22.7 Å². The first-order chi connectivity index (χ1) is 10.1. The van der Waals surface area contributed by atoms with Gasteiger partial charge in [0, 0.05) is 22.1 Å². The summed E-state index contributed by atoms with van der Waals surface area (Å²) in [6.07, 6.45) is 1.77. The Kier molecular flexibility index (Phi) is 3.86. The van der Waals surface area contributed by atoms with Gasteiger partial charge in [0.1, 0.15) is 5.01 Å². The predicted molar refractivity (Wildman–Crippen MR) is 86.2 cm³/mol. The molecule has 21 heavy (non-hydrogen) atoms. The SMILES string of the molecule is Cc1ccc(/C=C(\CC(=O)[O-])c2nc3ccccc3s2)s1. The number of rotatable bonds is 4. The molecule has 0 radical (unpaired) electrons. The molecular formula is C16H12NO2S2-. The number of thiazole rings is 1. The van der Waals surface area contributed by atoms with Crippen molar-refractivity contribution in [2.45, 2.75) is 13.3 Å².